The molecule has 0 N–H and O–H groups in total. The maximum atomic E-state index is 12.6. The molecule has 0 aliphatic carbocycles. The van der Waals surface area contributed by atoms with Crippen LogP contribution in [0.5, 0.6) is 0 Å². The van der Waals surface area contributed by atoms with Crippen molar-refractivity contribution in [2.45, 2.75) is 53.0 Å². The van der Waals surface area contributed by atoms with Crippen molar-refractivity contribution in [1.29, 1.82) is 0 Å². The zero-order valence-corrected chi connectivity index (χ0v) is 16.3. The van der Waals surface area contributed by atoms with Gasteiger partial charge in [0, 0.05) is 13.1 Å². The van der Waals surface area contributed by atoms with Gasteiger partial charge in [0.25, 0.3) is 0 Å². The average Bonchev–Trinajstić information content (AvgIpc) is 2.98. The number of aromatic nitrogens is 1. The van der Waals surface area contributed by atoms with E-state index in [1.54, 1.807) is 11.8 Å². The summed E-state index contributed by atoms with van der Waals surface area (Å²) in [6.07, 6.45) is 4.12. The first-order valence-electron chi connectivity index (χ1n) is 8.76. The van der Waals surface area contributed by atoms with Gasteiger partial charge in [-0.05, 0) is 31.1 Å². The third-order valence-corrected chi connectivity index (χ3v) is 4.54. The molecule has 1 heterocycles. The predicted octanol–water partition coefficient (Wildman–Crippen LogP) is 2.94. The number of amides is 2. The van der Waals surface area contributed by atoms with Crippen molar-refractivity contribution in [1.82, 2.24) is 9.47 Å². The summed E-state index contributed by atoms with van der Waals surface area (Å²) in [5.41, 5.74) is 0. The molecular formula is C16H26N4O5S. The van der Waals surface area contributed by atoms with Gasteiger partial charge < -0.3 is 14.2 Å². The van der Waals surface area contributed by atoms with Crippen LogP contribution in [0.3, 0.4) is 0 Å². The van der Waals surface area contributed by atoms with Crippen LogP contribution in [0, 0.1) is 10.1 Å². The first kappa shape index (κ1) is 21.8. The molecule has 0 saturated heterocycles. The summed E-state index contributed by atoms with van der Waals surface area (Å²) in [6, 6.07) is 0. The first-order chi connectivity index (χ1) is 12.4. The Bertz CT molecular complexity index is 674. The van der Waals surface area contributed by atoms with E-state index >= 15 is 0 Å². The highest BCUT2D eigenvalue weighted by atomic mass is 32.1. The second-order valence-corrected chi connectivity index (χ2v) is 6.62. The molecule has 0 unspecified atom stereocenters. The molecule has 1 aromatic rings. The van der Waals surface area contributed by atoms with E-state index < -0.39 is 11.0 Å². The summed E-state index contributed by atoms with van der Waals surface area (Å²) in [5, 5.41) is 10.8. The average molecular weight is 386 g/mol. The van der Waals surface area contributed by atoms with E-state index in [-0.39, 0.29) is 28.9 Å². The number of hydrogen-bond donors (Lipinski definition) is 0. The standard InChI is InChI=1S/C16H26N4O5S/c1-4-7-9-18(10-8-5-2)13(21)11-19-12-14(20(23)24)26-15(19)17-16(22)25-6-3/h12H,4-11H2,1-3H3. The van der Waals surface area contributed by atoms with Crippen molar-refractivity contribution in [3.05, 3.63) is 21.1 Å². The smallest absolute Gasteiger partial charge is 0.436 e. The van der Waals surface area contributed by atoms with Crippen LogP contribution in [0.15, 0.2) is 11.2 Å². The van der Waals surface area contributed by atoms with Gasteiger partial charge in [0.1, 0.15) is 6.54 Å². The molecule has 0 saturated carbocycles. The normalized spacial score (nSPS) is 11.4. The van der Waals surface area contributed by atoms with Crippen LogP contribution in [0.2, 0.25) is 0 Å². The van der Waals surface area contributed by atoms with Crippen molar-refractivity contribution < 1.29 is 19.2 Å². The number of unbranched alkanes of at least 4 members (excludes halogenated alkanes) is 2. The second kappa shape index (κ2) is 11.4. The fourth-order valence-corrected chi connectivity index (χ4v) is 2.99. The van der Waals surface area contributed by atoms with Crippen molar-refractivity contribution in [3.63, 3.8) is 0 Å². The minimum atomic E-state index is -0.834. The fourth-order valence-electron chi connectivity index (χ4n) is 2.19. The zero-order chi connectivity index (χ0) is 19.5. The molecule has 2 amide bonds. The van der Waals surface area contributed by atoms with E-state index in [9.17, 15) is 19.7 Å². The number of nitro groups is 1. The lowest BCUT2D eigenvalue weighted by molar-refractivity contribution is -0.380. The second-order valence-electron chi connectivity index (χ2n) is 5.64. The van der Waals surface area contributed by atoms with Crippen LogP contribution < -0.4 is 4.80 Å². The lowest BCUT2D eigenvalue weighted by Crippen LogP contribution is -2.37. The van der Waals surface area contributed by atoms with Gasteiger partial charge in [0.2, 0.25) is 10.7 Å². The third-order valence-electron chi connectivity index (χ3n) is 3.56. The number of carbonyl (C=O) groups excluding carboxylic acids is 2. The number of nitrogens with zero attached hydrogens (tertiary/aromatic N) is 4. The van der Waals surface area contributed by atoms with Gasteiger partial charge in [0.05, 0.1) is 17.7 Å². The van der Waals surface area contributed by atoms with Gasteiger partial charge in [-0.15, -0.1) is 4.99 Å². The Morgan fingerprint density at radius 3 is 2.38 bits per heavy atom. The fraction of sp³-hybridized carbons (Fsp3) is 0.688. The first-order valence-corrected chi connectivity index (χ1v) is 9.58. The van der Waals surface area contributed by atoms with Crippen LogP contribution in [-0.2, 0) is 16.1 Å². The Labute approximate surface area is 156 Å². The zero-order valence-electron chi connectivity index (χ0n) is 15.5. The highest BCUT2D eigenvalue weighted by molar-refractivity contribution is 7.12. The van der Waals surface area contributed by atoms with Crippen molar-refractivity contribution in [2.24, 2.45) is 4.99 Å². The number of carbonyl (C=O) groups is 2. The third kappa shape index (κ3) is 6.95. The van der Waals surface area contributed by atoms with Crippen LogP contribution in [0.25, 0.3) is 0 Å². The van der Waals surface area contributed by atoms with Crippen molar-refractivity contribution in [3.8, 4) is 0 Å². The molecule has 1 rings (SSSR count). The van der Waals surface area contributed by atoms with E-state index in [1.165, 1.54) is 10.8 Å². The Balaban J connectivity index is 3.05. The highest BCUT2D eigenvalue weighted by Crippen LogP contribution is 2.14. The van der Waals surface area contributed by atoms with Gasteiger partial charge in [0.15, 0.2) is 0 Å². The van der Waals surface area contributed by atoms with Crippen LogP contribution in [-0.4, -0.2) is 46.1 Å². The minimum absolute atomic E-state index is 0.0782. The molecule has 1 aromatic heterocycles. The number of ether oxygens (including phenoxy) is 1. The predicted molar refractivity (Wildman–Crippen MR) is 97.9 cm³/mol. The lowest BCUT2D eigenvalue weighted by atomic mass is 10.2. The van der Waals surface area contributed by atoms with Crippen LogP contribution in [0.1, 0.15) is 46.5 Å². The molecule has 0 bridgehead atoms. The topological polar surface area (TPSA) is 107 Å². The number of rotatable bonds is 10. The van der Waals surface area contributed by atoms with E-state index in [1.807, 2.05) is 0 Å². The Hall–Kier alpha value is -2.23. The molecule has 9 nitrogen and oxygen atoms in total. The molecule has 26 heavy (non-hydrogen) atoms. The Morgan fingerprint density at radius 2 is 1.88 bits per heavy atom. The minimum Gasteiger partial charge on any atom is -0.448 e. The molecule has 146 valence electrons. The number of thiazole rings is 1. The number of hydrogen-bond acceptors (Lipinski definition) is 6. The van der Waals surface area contributed by atoms with E-state index in [2.05, 4.69) is 18.8 Å². The Kier molecular flexibility index (Phi) is 9.56. The molecular weight excluding hydrogens is 360 g/mol. The summed E-state index contributed by atoms with van der Waals surface area (Å²) in [6.45, 7) is 7.08. The van der Waals surface area contributed by atoms with Gasteiger partial charge in [-0.1, -0.05) is 26.7 Å². The van der Waals surface area contributed by atoms with E-state index in [0.29, 0.717) is 13.1 Å². The summed E-state index contributed by atoms with van der Waals surface area (Å²) >= 11 is 0.737. The molecule has 0 aliphatic heterocycles. The largest absolute Gasteiger partial charge is 0.448 e. The van der Waals surface area contributed by atoms with Gasteiger partial charge in [-0.2, -0.15) is 0 Å². The quantitative estimate of drug-likeness (QED) is 0.454. The molecule has 10 heteroatoms. The van der Waals surface area contributed by atoms with Crippen LogP contribution in [0.4, 0.5) is 9.80 Å². The van der Waals surface area contributed by atoms with Crippen LogP contribution >= 0.6 is 11.3 Å². The Morgan fingerprint density at radius 1 is 1.27 bits per heavy atom. The SMILES string of the molecule is CCCCN(CCCC)C(=O)Cn1cc([N+](=O)[O-])sc1=NC(=O)OCC. The van der Waals surface area contributed by atoms with Crippen molar-refractivity contribution >= 4 is 28.3 Å². The van der Waals surface area contributed by atoms with Crippen molar-refractivity contribution in [2.75, 3.05) is 19.7 Å². The molecule has 0 aliphatic rings. The maximum absolute atomic E-state index is 12.6. The highest BCUT2D eigenvalue weighted by Gasteiger charge is 2.18. The molecule has 0 radical (unpaired) electrons. The molecule has 0 fully saturated rings. The maximum Gasteiger partial charge on any atom is 0.436 e. The summed E-state index contributed by atoms with van der Waals surface area (Å²) < 4.78 is 6.09. The summed E-state index contributed by atoms with van der Waals surface area (Å²) in [5.74, 6) is -0.148. The lowest BCUT2D eigenvalue weighted by Gasteiger charge is -2.22. The van der Waals surface area contributed by atoms with E-state index in [0.717, 1.165) is 37.0 Å². The van der Waals surface area contributed by atoms with Gasteiger partial charge >= 0.3 is 11.1 Å². The summed E-state index contributed by atoms with van der Waals surface area (Å²) in [7, 11) is 0. The van der Waals surface area contributed by atoms with Gasteiger partial charge in [-0.3, -0.25) is 14.9 Å². The molecule has 0 spiro atoms. The van der Waals surface area contributed by atoms with E-state index in [4.69, 9.17) is 4.74 Å². The summed E-state index contributed by atoms with van der Waals surface area (Å²) in [4.78, 5) is 40.3. The monoisotopic (exact) mass is 386 g/mol. The molecule has 0 atom stereocenters. The molecule has 0 aromatic carbocycles. The van der Waals surface area contributed by atoms with Gasteiger partial charge in [-0.25, -0.2) is 4.79 Å².